The predicted molar refractivity (Wildman–Crippen MR) is 140 cm³/mol. The van der Waals surface area contributed by atoms with Gasteiger partial charge in [-0.05, 0) is 43.5 Å². The number of benzene rings is 2. The maximum atomic E-state index is 13.1. The monoisotopic (exact) mass is 608 g/mol. The van der Waals surface area contributed by atoms with Gasteiger partial charge in [-0.3, -0.25) is 4.79 Å². The summed E-state index contributed by atoms with van der Waals surface area (Å²) in [5.74, 6) is -1.06. The zero-order valence-electron chi connectivity index (χ0n) is 22.8. The smallest absolute Gasteiger partial charge is 0.374 e. The van der Waals surface area contributed by atoms with Gasteiger partial charge < -0.3 is 20.1 Å². The Hall–Kier alpha value is -3.10. The van der Waals surface area contributed by atoms with Crippen molar-refractivity contribution in [3.8, 4) is 0 Å². The number of anilines is 1. The van der Waals surface area contributed by atoms with Crippen LogP contribution >= 0.6 is 0 Å². The van der Waals surface area contributed by atoms with Gasteiger partial charge >= 0.3 is 12.4 Å². The van der Waals surface area contributed by atoms with E-state index in [4.69, 9.17) is 4.74 Å². The quantitative estimate of drug-likeness (QED) is 0.259. The van der Waals surface area contributed by atoms with Crippen LogP contribution in [0.2, 0.25) is 0 Å². The number of H-pyrrole nitrogens is 1. The number of carbonyl (C=O) groups excluding carboxylic acids is 1. The van der Waals surface area contributed by atoms with E-state index in [1.807, 2.05) is 34.6 Å². The number of nitrogens with one attached hydrogen (secondary N) is 2. The Balaban J connectivity index is 1.77. The Morgan fingerprint density at radius 1 is 0.927 bits per heavy atom. The van der Waals surface area contributed by atoms with Gasteiger partial charge in [0.1, 0.15) is 5.69 Å². The molecular formula is C27H30F6N2O5S. The minimum atomic E-state index is -6.04. The molecule has 0 unspecified atom stereocenters. The van der Waals surface area contributed by atoms with E-state index < -0.39 is 44.9 Å². The van der Waals surface area contributed by atoms with E-state index in [2.05, 4.69) is 10.3 Å². The number of hydrogen-bond donors (Lipinski definition) is 3. The third-order valence-corrected chi connectivity index (χ3v) is 8.93. The van der Waals surface area contributed by atoms with Gasteiger partial charge in [-0.15, -0.1) is 0 Å². The molecule has 41 heavy (non-hydrogen) atoms. The van der Waals surface area contributed by atoms with Crippen LogP contribution in [-0.2, 0) is 20.2 Å². The van der Waals surface area contributed by atoms with Gasteiger partial charge in [-0.1, -0.05) is 39.0 Å². The first-order chi connectivity index (χ1) is 18.5. The Bertz CT molecular complexity index is 1500. The average molecular weight is 609 g/mol. The van der Waals surface area contributed by atoms with E-state index in [0.717, 1.165) is 12.1 Å². The third kappa shape index (κ3) is 6.38. The van der Waals surface area contributed by atoms with Gasteiger partial charge in [0.2, 0.25) is 0 Å². The minimum Gasteiger partial charge on any atom is -0.374 e. The van der Waals surface area contributed by atoms with Gasteiger partial charge in [-0.25, -0.2) is 8.42 Å². The largest absolute Gasteiger partial charge is 0.430 e. The zero-order valence-corrected chi connectivity index (χ0v) is 23.6. The molecule has 3 rings (SSSR count). The number of amides is 1. The summed E-state index contributed by atoms with van der Waals surface area (Å²) >= 11 is 0. The van der Waals surface area contributed by atoms with Crippen molar-refractivity contribution < 1.29 is 49.4 Å². The molecule has 0 saturated heterocycles. The summed E-state index contributed by atoms with van der Waals surface area (Å²) in [6.07, 6.45) is -10.7. The molecule has 3 aromatic rings. The molecule has 2 aromatic carbocycles. The highest BCUT2D eigenvalue weighted by molar-refractivity contribution is 7.91. The number of rotatable bonds is 8. The topological polar surface area (TPSA) is 108 Å². The molecule has 0 saturated carbocycles. The molecule has 3 N–H and O–H groups in total. The standard InChI is InChI=1S/C27H30F6N2O5S/c1-23(2,3)24(4,5)40-12-13-41(38,39)19-10-11-20-16(14-19)15-34-21(20)22(36)35-18-8-6-17(7-9-18)25(37,26(28,29)30)27(31,32)33/h6-11,14-15,34,37H,12-13H2,1-5H3,(H,35,36). The number of aliphatic hydroxyl groups is 1. The molecule has 0 radical (unpaired) electrons. The summed E-state index contributed by atoms with van der Waals surface area (Å²) < 4.78 is 110. The van der Waals surface area contributed by atoms with Crippen LogP contribution in [0.5, 0.6) is 0 Å². The predicted octanol–water partition coefficient (Wildman–Crippen LogP) is 6.35. The summed E-state index contributed by atoms with van der Waals surface area (Å²) in [6, 6.07) is 6.49. The number of carbonyl (C=O) groups is 1. The lowest BCUT2D eigenvalue weighted by atomic mass is 9.79. The number of sulfone groups is 1. The number of ether oxygens (including phenoxy) is 1. The van der Waals surface area contributed by atoms with Crippen LogP contribution in [0, 0.1) is 5.41 Å². The van der Waals surface area contributed by atoms with Gasteiger partial charge in [0.15, 0.2) is 9.84 Å². The number of aromatic amines is 1. The Labute approximate surface area is 232 Å². The van der Waals surface area contributed by atoms with Crippen molar-refractivity contribution >= 4 is 32.2 Å². The highest BCUT2D eigenvalue weighted by Crippen LogP contribution is 2.50. The van der Waals surface area contributed by atoms with Crippen molar-refractivity contribution in [3.63, 3.8) is 0 Å². The average Bonchev–Trinajstić information content (AvgIpc) is 3.25. The lowest BCUT2D eigenvalue weighted by Crippen LogP contribution is -2.53. The molecule has 0 atom stereocenters. The van der Waals surface area contributed by atoms with Crippen molar-refractivity contribution in [2.75, 3.05) is 17.7 Å². The number of halogens is 6. The van der Waals surface area contributed by atoms with Crippen molar-refractivity contribution in [2.45, 2.75) is 63.1 Å². The van der Waals surface area contributed by atoms with E-state index >= 15 is 0 Å². The molecule has 0 aliphatic carbocycles. The summed E-state index contributed by atoms with van der Waals surface area (Å²) in [7, 11) is -3.74. The Morgan fingerprint density at radius 3 is 2.00 bits per heavy atom. The normalized spacial score (nSPS) is 14.0. The van der Waals surface area contributed by atoms with Crippen molar-refractivity contribution in [2.24, 2.45) is 5.41 Å². The van der Waals surface area contributed by atoms with Crippen LogP contribution < -0.4 is 5.32 Å². The molecule has 226 valence electrons. The van der Waals surface area contributed by atoms with Gasteiger partial charge in [-0.2, -0.15) is 26.3 Å². The minimum absolute atomic E-state index is 0.00512. The molecule has 0 aliphatic heterocycles. The summed E-state index contributed by atoms with van der Waals surface area (Å²) in [5.41, 5.74) is -7.54. The van der Waals surface area contributed by atoms with Gasteiger partial charge in [0.25, 0.3) is 11.5 Å². The molecule has 1 aromatic heterocycles. The molecular weight excluding hydrogens is 578 g/mol. The van der Waals surface area contributed by atoms with E-state index in [9.17, 15) is 44.7 Å². The first-order valence-corrected chi connectivity index (χ1v) is 13.9. The Kier molecular flexibility index (Phi) is 8.40. The van der Waals surface area contributed by atoms with Crippen LogP contribution in [0.4, 0.5) is 32.0 Å². The van der Waals surface area contributed by atoms with Crippen molar-refractivity contribution in [1.29, 1.82) is 0 Å². The first-order valence-electron chi connectivity index (χ1n) is 12.3. The van der Waals surface area contributed by atoms with Crippen molar-refractivity contribution in [1.82, 2.24) is 4.98 Å². The fraction of sp³-hybridized carbons (Fsp3) is 0.444. The van der Waals surface area contributed by atoms with Gasteiger partial charge in [0.05, 0.1) is 22.9 Å². The number of aromatic nitrogens is 1. The van der Waals surface area contributed by atoms with E-state index in [1.165, 1.54) is 24.4 Å². The maximum absolute atomic E-state index is 13.1. The lowest BCUT2D eigenvalue weighted by molar-refractivity contribution is -0.376. The second-order valence-corrected chi connectivity index (χ2v) is 13.2. The highest BCUT2D eigenvalue weighted by Gasteiger charge is 2.71. The van der Waals surface area contributed by atoms with E-state index in [1.54, 1.807) is 0 Å². The van der Waals surface area contributed by atoms with Crippen molar-refractivity contribution in [3.05, 3.63) is 59.9 Å². The molecule has 1 heterocycles. The van der Waals surface area contributed by atoms with Crippen LogP contribution in [0.3, 0.4) is 0 Å². The summed E-state index contributed by atoms with van der Waals surface area (Å²) in [6.45, 7) is 9.64. The lowest BCUT2D eigenvalue weighted by Gasteiger charge is -2.38. The second kappa shape index (κ2) is 10.6. The maximum Gasteiger partial charge on any atom is 0.430 e. The molecule has 7 nitrogen and oxygen atoms in total. The molecule has 0 bridgehead atoms. The molecule has 0 spiro atoms. The van der Waals surface area contributed by atoms with Crippen LogP contribution in [0.1, 0.15) is 50.7 Å². The van der Waals surface area contributed by atoms with Crippen LogP contribution in [0.25, 0.3) is 10.8 Å². The first kappa shape index (κ1) is 32.4. The third-order valence-electron chi connectivity index (χ3n) is 7.25. The number of fused-ring (bicyclic) bond motifs is 1. The van der Waals surface area contributed by atoms with Crippen LogP contribution in [-0.4, -0.2) is 54.7 Å². The Morgan fingerprint density at radius 2 is 1.49 bits per heavy atom. The number of hydrogen-bond acceptors (Lipinski definition) is 5. The second-order valence-electron chi connectivity index (χ2n) is 11.1. The molecule has 1 amide bonds. The molecule has 0 aliphatic rings. The fourth-order valence-electron chi connectivity index (χ4n) is 3.71. The molecule has 14 heteroatoms. The van der Waals surface area contributed by atoms with Gasteiger partial charge in [0, 0.05) is 28.2 Å². The highest BCUT2D eigenvalue weighted by atomic mass is 32.2. The SMILES string of the molecule is CC(C)(C)C(C)(C)OCCS(=O)(=O)c1ccc2c(C(=O)Nc3ccc(C(O)(C(F)(F)F)C(F)(F)F)cc3)[nH]cc2c1. The fourth-order valence-corrected chi connectivity index (χ4v) is 4.83. The summed E-state index contributed by atoms with van der Waals surface area (Å²) in [5, 5.41) is 12.5. The van der Waals surface area contributed by atoms with E-state index in [-0.39, 0.29) is 34.1 Å². The summed E-state index contributed by atoms with van der Waals surface area (Å²) in [4.78, 5) is 15.5. The zero-order chi connectivity index (χ0) is 31.2. The van der Waals surface area contributed by atoms with E-state index in [0.29, 0.717) is 22.9 Å². The molecule has 0 fully saturated rings. The van der Waals surface area contributed by atoms with Crippen LogP contribution in [0.15, 0.2) is 53.6 Å². The number of alkyl halides is 6.